The summed E-state index contributed by atoms with van der Waals surface area (Å²) in [5.74, 6) is -1.87. The number of aromatic nitrogens is 2. The number of nitrogens with zero attached hydrogens (tertiary/aromatic N) is 3. The summed E-state index contributed by atoms with van der Waals surface area (Å²) >= 11 is 0. The summed E-state index contributed by atoms with van der Waals surface area (Å²) < 4.78 is 37.9. The molecule has 3 aromatic rings. The van der Waals surface area contributed by atoms with E-state index in [2.05, 4.69) is 25.7 Å². The molecule has 11 heteroatoms. The van der Waals surface area contributed by atoms with Crippen LogP contribution in [0.2, 0.25) is 0 Å². The summed E-state index contributed by atoms with van der Waals surface area (Å²) in [5, 5.41) is 9.86. The van der Waals surface area contributed by atoms with Crippen molar-refractivity contribution in [1.29, 1.82) is 0 Å². The molecule has 2 aromatic heterocycles. The van der Waals surface area contributed by atoms with Crippen LogP contribution in [0.1, 0.15) is 42.0 Å². The average Bonchev–Trinajstić information content (AvgIpc) is 3.29. The van der Waals surface area contributed by atoms with Gasteiger partial charge < -0.3 is 19.9 Å². The van der Waals surface area contributed by atoms with Gasteiger partial charge in [-0.15, -0.1) is 0 Å². The second kappa shape index (κ2) is 10.5. The molecule has 39 heavy (non-hydrogen) atoms. The lowest BCUT2D eigenvalue weighted by molar-refractivity contribution is -0.127. The number of rotatable bonds is 9. The lowest BCUT2D eigenvalue weighted by atomic mass is 9.83. The molecule has 0 atom stereocenters. The van der Waals surface area contributed by atoms with Gasteiger partial charge in [0.2, 0.25) is 5.91 Å². The van der Waals surface area contributed by atoms with Gasteiger partial charge in [0.1, 0.15) is 11.6 Å². The second-order valence-electron chi connectivity index (χ2n) is 11.0. The van der Waals surface area contributed by atoms with Crippen molar-refractivity contribution in [1.82, 2.24) is 25.7 Å². The molecule has 1 aromatic carbocycles. The molecule has 206 valence electrons. The second-order valence-corrected chi connectivity index (χ2v) is 11.0. The molecule has 2 amide bonds. The Labute approximate surface area is 224 Å². The molecule has 5 rings (SSSR count). The lowest BCUT2D eigenvalue weighted by Crippen LogP contribution is -2.72. The number of likely N-dealkylation sites (tertiary alicyclic amines) is 1. The topological polar surface area (TPSA) is 110 Å². The first kappa shape index (κ1) is 26.9. The highest BCUT2D eigenvalue weighted by atomic mass is 19.1. The number of nitrogens with one attached hydrogen (secondary N) is 2. The monoisotopic (exact) mass is 539 g/mol. The Morgan fingerprint density at radius 2 is 1.92 bits per heavy atom. The minimum atomic E-state index is -0.826. The third-order valence-electron chi connectivity index (χ3n) is 7.16. The van der Waals surface area contributed by atoms with Crippen LogP contribution in [0.25, 0.3) is 11.3 Å². The Bertz CT molecular complexity index is 1380. The first-order valence-electron chi connectivity index (χ1n) is 12.8. The number of ether oxygens (including phenoxy) is 1. The Morgan fingerprint density at radius 3 is 2.59 bits per heavy atom. The smallest absolute Gasteiger partial charge is 0.274 e. The van der Waals surface area contributed by atoms with Gasteiger partial charge in [0, 0.05) is 49.6 Å². The quantitative estimate of drug-likeness (QED) is 0.430. The third kappa shape index (κ3) is 5.99. The van der Waals surface area contributed by atoms with Crippen molar-refractivity contribution in [3.8, 4) is 11.3 Å². The fraction of sp³-hybridized carbons (Fsp3) is 0.429. The van der Waals surface area contributed by atoms with Crippen LogP contribution >= 0.6 is 0 Å². The SMILES string of the molecule is Cc1cc(C(C)(C)NC(=O)CC2(NC(=O)c3cc(-c4ccc(F)cc4F)on3)CN(CC3COC3)C2)ccn1. The van der Waals surface area contributed by atoms with E-state index < -0.39 is 28.6 Å². The highest BCUT2D eigenvalue weighted by molar-refractivity contribution is 5.94. The molecule has 2 fully saturated rings. The van der Waals surface area contributed by atoms with Gasteiger partial charge in [-0.3, -0.25) is 19.5 Å². The van der Waals surface area contributed by atoms with Crippen LogP contribution in [0.5, 0.6) is 0 Å². The predicted octanol–water partition coefficient (Wildman–Crippen LogP) is 3.20. The molecular formula is C28H31F2N5O4. The normalized spacial score (nSPS) is 17.3. The molecule has 0 spiro atoms. The number of hydrogen-bond donors (Lipinski definition) is 2. The Balaban J connectivity index is 1.29. The van der Waals surface area contributed by atoms with Crippen molar-refractivity contribution in [2.75, 3.05) is 32.8 Å². The summed E-state index contributed by atoms with van der Waals surface area (Å²) in [5.41, 5.74) is 0.222. The van der Waals surface area contributed by atoms with E-state index in [0.717, 1.165) is 29.9 Å². The van der Waals surface area contributed by atoms with E-state index in [9.17, 15) is 18.4 Å². The molecule has 0 saturated carbocycles. The molecule has 0 aliphatic carbocycles. The summed E-state index contributed by atoms with van der Waals surface area (Å²) in [7, 11) is 0. The predicted molar refractivity (Wildman–Crippen MR) is 138 cm³/mol. The zero-order valence-corrected chi connectivity index (χ0v) is 22.1. The largest absolute Gasteiger partial charge is 0.381 e. The van der Waals surface area contributed by atoms with Crippen LogP contribution in [0, 0.1) is 24.5 Å². The highest BCUT2D eigenvalue weighted by Crippen LogP contribution is 2.30. The Kier molecular flexibility index (Phi) is 7.21. The molecule has 4 heterocycles. The van der Waals surface area contributed by atoms with Gasteiger partial charge in [0.05, 0.1) is 36.3 Å². The molecular weight excluding hydrogens is 508 g/mol. The average molecular weight is 540 g/mol. The summed E-state index contributed by atoms with van der Waals surface area (Å²) in [6.07, 6.45) is 1.76. The van der Waals surface area contributed by atoms with Gasteiger partial charge >= 0.3 is 0 Å². The van der Waals surface area contributed by atoms with Crippen molar-refractivity contribution < 1.29 is 27.6 Å². The number of aryl methyl sites for hydroxylation is 1. The molecule has 9 nitrogen and oxygen atoms in total. The van der Waals surface area contributed by atoms with Gasteiger partial charge in [-0.25, -0.2) is 8.78 Å². The minimum Gasteiger partial charge on any atom is -0.381 e. The number of hydrogen-bond acceptors (Lipinski definition) is 7. The van der Waals surface area contributed by atoms with Crippen LogP contribution in [0.15, 0.2) is 47.1 Å². The fourth-order valence-electron chi connectivity index (χ4n) is 5.14. The number of amides is 2. The standard InChI is InChI=1S/C28H31F2N5O4/c1-17-8-19(6-7-31-17)27(2,3)32-25(36)11-28(15-35(16-28)12-18-13-38-14-18)33-26(37)23-10-24(39-34-23)21-5-4-20(29)9-22(21)30/h4-10,18H,11-16H2,1-3H3,(H,32,36)(H,33,37). The van der Waals surface area contributed by atoms with Gasteiger partial charge in [0.15, 0.2) is 11.5 Å². The molecule has 0 bridgehead atoms. The highest BCUT2D eigenvalue weighted by Gasteiger charge is 2.47. The van der Waals surface area contributed by atoms with Crippen LogP contribution < -0.4 is 10.6 Å². The van der Waals surface area contributed by atoms with E-state index in [-0.39, 0.29) is 29.3 Å². The van der Waals surface area contributed by atoms with Gasteiger partial charge in [-0.05, 0) is 50.6 Å². The number of carbonyl (C=O) groups is 2. The van der Waals surface area contributed by atoms with Crippen molar-refractivity contribution in [3.05, 3.63) is 71.2 Å². The number of carbonyl (C=O) groups excluding carboxylic acids is 2. The van der Waals surface area contributed by atoms with E-state index in [4.69, 9.17) is 9.26 Å². The lowest BCUT2D eigenvalue weighted by Gasteiger charge is -2.52. The molecule has 2 saturated heterocycles. The van der Waals surface area contributed by atoms with Crippen LogP contribution in [0.3, 0.4) is 0 Å². The number of pyridine rings is 1. The van der Waals surface area contributed by atoms with Crippen molar-refractivity contribution >= 4 is 11.8 Å². The van der Waals surface area contributed by atoms with Crippen LogP contribution in [-0.2, 0) is 15.1 Å². The maximum absolute atomic E-state index is 14.2. The van der Waals surface area contributed by atoms with Crippen LogP contribution in [-0.4, -0.2) is 65.2 Å². The Morgan fingerprint density at radius 1 is 1.15 bits per heavy atom. The minimum absolute atomic E-state index is 0.000874. The van der Waals surface area contributed by atoms with E-state index in [1.807, 2.05) is 32.9 Å². The molecule has 2 N–H and O–H groups in total. The Hall–Kier alpha value is -3.70. The van der Waals surface area contributed by atoms with E-state index >= 15 is 0 Å². The van der Waals surface area contributed by atoms with Crippen molar-refractivity contribution in [2.45, 2.75) is 38.3 Å². The maximum atomic E-state index is 14.2. The van der Waals surface area contributed by atoms with Gasteiger partial charge in [-0.1, -0.05) is 5.16 Å². The molecule has 0 radical (unpaired) electrons. The zero-order chi connectivity index (χ0) is 27.8. The molecule has 2 aliphatic rings. The number of halogens is 2. The van der Waals surface area contributed by atoms with E-state index in [0.29, 0.717) is 32.2 Å². The van der Waals surface area contributed by atoms with Crippen molar-refractivity contribution in [3.63, 3.8) is 0 Å². The molecule has 0 unspecified atom stereocenters. The fourth-order valence-corrected chi connectivity index (χ4v) is 5.14. The van der Waals surface area contributed by atoms with Crippen LogP contribution in [0.4, 0.5) is 8.78 Å². The first-order valence-corrected chi connectivity index (χ1v) is 12.8. The third-order valence-corrected chi connectivity index (χ3v) is 7.16. The van der Waals surface area contributed by atoms with Gasteiger partial charge in [-0.2, -0.15) is 0 Å². The summed E-state index contributed by atoms with van der Waals surface area (Å²) in [6.45, 7) is 8.92. The number of benzene rings is 1. The first-order chi connectivity index (χ1) is 18.5. The summed E-state index contributed by atoms with van der Waals surface area (Å²) in [4.78, 5) is 32.9. The molecule has 2 aliphatic heterocycles. The summed E-state index contributed by atoms with van der Waals surface area (Å²) in [6, 6.07) is 8.14. The van der Waals surface area contributed by atoms with E-state index in [1.165, 1.54) is 12.1 Å². The zero-order valence-electron chi connectivity index (χ0n) is 22.1. The maximum Gasteiger partial charge on any atom is 0.274 e. The van der Waals surface area contributed by atoms with E-state index in [1.54, 1.807) is 6.20 Å². The van der Waals surface area contributed by atoms with Gasteiger partial charge in [0.25, 0.3) is 5.91 Å². The van der Waals surface area contributed by atoms with Crippen molar-refractivity contribution in [2.24, 2.45) is 5.92 Å².